The molecule has 0 fully saturated rings. The maximum absolute atomic E-state index is 12.5. The molecule has 0 radical (unpaired) electrons. The van der Waals surface area contributed by atoms with Gasteiger partial charge in [0.2, 0.25) is 10.0 Å². The lowest BCUT2D eigenvalue weighted by Gasteiger charge is -2.17. The number of aliphatic hydroxyl groups excluding tert-OH is 1. The van der Waals surface area contributed by atoms with Gasteiger partial charge >= 0.3 is 0 Å². The third-order valence-electron chi connectivity index (χ3n) is 3.19. The molecule has 4 nitrogen and oxygen atoms in total. The van der Waals surface area contributed by atoms with E-state index in [1.165, 1.54) is 0 Å². The summed E-state index contributed by atoms with van der Waals surface area (Å²) in [4.78, 5) is 0.217. The molecule has 2 aromatic rings. The second-order valence-corrected chi connectivity index (χ2v) is 6.80. The van der Waals surface area contributed by atoms with Crippen LogP contribution in [0, 0.1) is 13.8 Å². The molecule has 0 saturated carbocycles. The summed E-state index contributed by atoms with van der Waals surface area (Å²) in [5, 5.41) is 9.47. The number of benzene rings is 2. The van der Waals surface area contributed by atoms with Crippen molar-refractivity contribution in [3.8, 4) is 0 Å². The van der Waals surface area contributed by atoms with Crippen LogP contribution in [-0.2, 0) is 10.0 Å². The highest BCUT2D eigenvalue weighted by atomic mass is 32.2. The van der Waals surface area contributed by atoms with E-state index in [-0.39, 0.29) is 11.5 Å². The van der Waals surface area contributed by atoms with Crippen LogP contribution in [0.15, 0.2) is 53.4 Å². The first-order chi connectivity index (χ1) is 9.92. The summed E-state index contributed by atoms with van der Waals surface area (Å²) in [5.41, 5.74) is 2.50. The summed E-state index contributed by atoms with van der Waals surface area (Å²) in [7, 11) is -3.67. The minimum atomic E-state index is -3.67. The Morgan fingerprint density at radius 3 is 2.14 bits per heavy atom. The zero-order valence-corrected chi connectivity index (χ0v) is 12.9. The Kier molecular flexibility index (Phi) is 4.77. The summed E-state index contributed by atoms with van der Waals surface area (Å²) >= 11 is 0. The highest BCUT2D eigenvalue weighted by Crippen LogP contribution is 2.19. The average Bonchev–Trinajstić information content (AvgIpc) is 2.45. The summed E-state index contributed by atoms with van der Waals surface area (Å²) in [5.74, 6) is 0. The summed E-state index contributed by atoms with van der Waals surface area (Å²) < 4.78 is 27.5. The molecule has 5 heteroatoms. The fourth-order valence-corrected chi connectivity index (χ4v) is 3.64. The van der Waals surface area contributed by atoms with Crippen molar-refractivity contribution in [1.82, 2.24) is 4.72 Å². The fraction of sp³-hybridized carbons (Fsp3) is 0.250. The Hall–Kier alpha value is -1.69. The number of nitrogens with one attached hydrogen (secondary N) is 1. The molecule has 0 saturated heterocycles. The molecule has 0 unspecified atom stereocenters. The average molecular weight is 305 g/mol. The predicted molar refractivity (Wildman–Crippen MR) is 82.5 cm³/mol. The minimum Gasteiger partial charge on any atom is -0.394 e. The highest BCUT2D eigenvalue weighted by molar-refractivity contribution is 7.89. The van der Waals surface area contributed by atoms with Crippen LogP contribution in [0.3, 0.4) is 0 Å². The molecule has 0 spiro atoms. The minimum absolute atomic E-state index is 0.217. The molecule has 0 aromatic heterocycles. The molecule has 2 aromatic carbocycles. The number of hydrogen-bond donors (Lipinski definition) is 2. The normalized spacial score (nSPS) is 13.1. The summed E-state index contributed by atoms with van der Waals surface area (Å²) in [6.07, 6.45) is 0. The van der Waals surface area contributed by atoms with E-state index in [0.717, 1.165) is 16.7 Å². The van der Waals surface area contributed by atoms with Gasteiger partial charge in [0.05, 0.1) is 17.5 Å². The number of aryl methyl sites for hydroxylation is 2. The molecular weight excluding hydrogens is 286 g/mol. The second kappa shape index (κ2) is 6.39. The Labute approximate surface area is 125 Å². The number of sulfonamides is 1. The monoisotopic (exact) mass is 305 g/mol. The largest absolute Gasteiger partial charge is 0.394 e. The third kappa shape index (κ3) is 3.91. The maximum atomic E-state index is 12.5. The van der Waals surface area contributed by atoms with Gasteiger partial charge in [0.25, 0.3) is 0 Å². The lowest BCUT2D eigenvalue weighted by molar-refractivity contribution is 0.259. The smallest absolute Gasteiger partial charge is 0.241 e. The van der Waals surface area contributed by atoms with Crippen molar-refractivity contribution in [2.24, 2.45) is 0 Å². The van der Waals surface area contributed by atoms with Gasteiger partial charge in [-0.15, -0.1) is 0 Å². The number of hydrogen-bond acceptors (Lipinski definition) is 3. The lowest BCUT2D eigenvalue weighted by atomic mass is 10.1. The van der Waals surface area contributed by atoms with E-state index >= 15 is 0 Å². The van der Waals surface area contributed by atoms with Crippen LogP contribution >= 0.6 is 0 Å². The molecule has 0 aliphatic rings. The molecule has 2 rings (SSSR count). The van der Waals surface area contributed by atoms with E-state index in [0.29, 0.717) is 0 Å². The second-order valence-electron chi connectivity index (χ2n) is 5.09. The zero-order valence-electron chi connectivity index (χ0n) is 12.1. The van der Waals surface area contributed by atoms with E-state index < -0.39 is 16.1 Å². The van der Waals surface area contributed by atoms with Gasteiger partial charge in [0, 0.05) is 0 Å². The van der Waals surface area contributed by atoms with E-state index in [1.54, 1.807) is 24.3 Å². The van der Waals surface area contributed by atoms with Crippen molar-refractivity contribution >= 4 is 10.0 Å². The van der Waals surface area contributed by atoms with Crippen LogP contribution in [0.5, 0.6) is 0 Å². The van der Waals surface area contributed by atoms with E-state index in [4.69, 9.17) is 0 Å². The first kappa shape index (κ1) is 15.7. The van der Waals surface area contributed by atoms with Crippen LogP contribution < -0.4 is 4.72 Å². The Bertz CT molecular complexity index is 691. The molecule has 0 heterocycles. The van der Waals surface area contributed by atoms with Crippen molar-refractivity contribution < 1.29 is 13.5 Å². The van der Waals surface area contributed by atoms with E-state index in [2.05, 4.69) is 4.72 Å². The van der Waals surface area contributed by atoms with E-state index in [9.17, 15) is 13.5 Å². The van der Waals surface area contributed by atoms with Gasteiger partial charge in [-0.3, -0.25) is 0 Å². The van der Waals surface area contributed by atoms with Gasteiger partial charge in [-0.1, -0.05) is 36.4 Å². The Balaban J connectivity index is 2.31. The van der Waals surface area contributed by atoms with Crippen molar-refractivity contribution in [1.29, 1.82) is 0 Å². The standard InChI is InChI=1S/C16H19NO3S/c1-12-8-13(2)10-15(9-12)21(19,20)17-16(11-18)14-6-4-3-5-7-14/h3-10,16-18H,11H2,1-2H3/t16-/m0/s1. The van der Waals surface area contributed by atoms with Gasteiger partial charge in [-0.25, -0.2) is 13.1 Å². The fourth-order valence-electron chi connectivity index (χ4n) is 2.24. The molecule has 112 valence electrons. The number of rotatable bonds is 5. The van der Waals surface area contributed by atoms with Gasteiger partial charge in [-0.2, -0.15) is 0 Å². The van der Waals surface area contributed by atoms with Crippen LogP contribution in [0.2, 0.25) is 0 Å². The van der Waals surface area contributed by atoms with Crippen molar-refractivity contribution in [2.75, 3.05) is 6.61 Å². The zero-order chi connectivity index (χ0) is 15.5. The number of aliphatic hydroxyl groups is 1. The molecule has 21 heavy (non-hydrogen) atoms. The van der Waals surface area contributed by atoms with Gasteiger partial charge in [0.1, 0.15) is 0 Å². The Morgan fingerprint density at radius 1 is 1.05 bits per heavy atom. The van der Waals surface area contributed by atoms with Crippen molar-refractivity contribution in [2.45, 2.75) is 24.8 Å². The Morgan fingerprint density at radius 2 is 1.62 bits per heavy atom. The van der Waals surface area contributed by atoms with Gasteiger partial charge in [-0.05, 0) is 42.7 Å². The van der Waals surface area contributed by atoms with Crippen LogP contribution in [-0.4, -0.2) is 20.1 Å². The topological polar surface area (TPSA) is 66.4 Å². The van der Waals surface area contributed by atoms with Gasteiger partial charge in [0.15, 0.2) is 0 Å². The van der Waals surface area contributed by atoms with Crippen LogP contribution in [0.25, 0.3) is 0 Å². The predicted octanol–water partition coefficient (Wildman–Crippen LogP) is 2.32. The van der Waals surface area contributed by atoms with Crippen LogP contribution in [0.1, 0.15) is 22.7 Å². The molecule has 0 bridgehead atoms. The molecule has 0 aliphatic heterocycles. The quantitative estimate of drug-likeness (QED) is 0.891. The first-order valence-corrected chi connectivity index (χ1v) is 8.17. The molecule has 0 amide bonds. The van der Waals surface area contributed by atoms with Crippen molar-refractivity contribution in [3.63, 3.8) is 0 Å². The molecular formula is C16H19NO3S. The molecule has 2 N–H and O–H groups in total. The maximum Gasteiger partial charge on any atom is 0.241 e. The van der Waals surface area contributed by atoms with Gasteiger partial charge < -0.3 is 5.11 Å². The summed E-state index contributed by atoms with van der Waals surface area (Å²) in [6.45, 7) is 3.41. The third-order valence-corrected chi connectivity index (χ3v) is 4.64. The summed E-state index contributed by atoms with van der Waals surface area (Å²) in [6, 6.07) is 13.5. The van der Waals surface area contributed by atoms with E-state index in [1.807, 2.05) is 38.1 Å². The molecule has 0 aliphatic carbocycles. The lowest BCUT2D eigenvalue weighted by Crippen LogP contribution is -2.31. The van der Waals surface area contributed by atoms with Crippen molar-refractivity contribution in [3.05, 3.63) is 65.2 Å². The molecule has 1 atom stereocenters. The SMILES string of the molecule is Cc1cc(C)cc(S(=O)(=O)N[C@@H](CO)c2ccccc2)c1. The highest BCUT2D eigenvalue weighted by Gasteiger charge is 2.21. The first-order valence-electron chi connectivity index (χ1n) is 6.69. The van der Waals surface area contributed by atoms with Crippen LogP contribution in [0.4, 0.5) is 0 Å².